The van der Waals surface area contributed by atoms with Crippen molar-refractivity contribution in [2.45, 2.75) is 32.2 Å². The Labute approximate surface area is 199 Å². The molecule has 3 aromatic rings. The number of nitrogens with zero attached hydrogens (tertiary/aromatic N) is 2. The van der Waals surface area contributed by atoms with Crippen LogP contribution in [-0.2, 0) is 21.5 Å². The van der Waals surface area contributed by atoms with Crippen molar-refractivity contribution in [3.63, 3.8) is 0 Å². The van der Waals surface area contributed by atoms with E-state index in [0.717, 1.165) is 40.1 Å². The Balaban J connectivity index is 1.51. The molecule has 4 amide bonds. The van der Waals surface area contributed by atoms with Crippen LogP contribution in [-0.4, -0.2) is 35.8 Å². The fraction of sp³-hybridized carbons (Fsp3) is 0.250. The first-order chi connectivity index (χ1) is 16.4. The van der Waals surface area contributed by atoms with Crippen molar-refractivity contribution in [1.82, 2.24) is 10.2 Å². The molecule has 0 spiro atoms. The van der Waals surface area contributed by atoms with Crippen LogP contribution < -0.4 is 10.2 Å². The molecular formula is C28H27N3O3. The summed E-state index contributed by atoms with van der Waals surface area (Å²) >= 11 is 0. The highest BCUT2D eigenvalue weighted by atomic mass is 16.2. The minimum Gasteiger partial charge on any atom is -0.315 e. The number of nitrogens with one attached hydrogen (secondary N) is 1. The summed E-state index contributed by atoms with van der Waals surface area (Å²) in [5, 5.41) is 2.94. The van der Waals surface area contributed by atoms with Crippen LogP contribution >= 0.6 is 0 Å². The third kappa shape index (κ3) is 3.46. The lowest BCUT2D eigenvalue weighted by Crippen LogP contribution is -2.47. The number of rotatable bonds is 4. The molecule has 0 saturated carbocycles. The molecule has 5 rings (SSSR count). The van der Waals surface area contributed by atoms with Gasteiger partial charge in [-0.1, -0.05) is 66.7 Å². The molecule has 0 bridgehead atoms. The molecule has 0 aliphatic carbocycles. The lowest BCUT2D eigenvalue weighted by molar-refractivity contribution is -0.133. The lowest BCUT2D eigenvalue weighted by Gasteiger charge is -2.31. The second kappa shape index (κ2) is 8.45. The maximum Gasteiger partial charge on any atom is 0.326 e. The first kappa shape index (κ1) is 21.9. The molecular weight excluding hydrogens is 426 g/mol. The fourth-order valence-corrected chi connectivity index (χ4v) is 4.95. The average molecular weight is 454 g/mol. The van der Waals surface area contributed by atoms with Gasteiger partial charge in [0.25, 0.3) is 5.91 Å². The van der Waals surface area contributed by atoms with Crippen LogP contribution in [0.2, 0.25) is 0 Å². The zero-order chi connectivity index (χ0) is 23.9. The molecule has 1 atom stereocenters. The number of aryl methyl sites for hydroxylation is 3. The van der Waals surface area contributed by atoms with Crippen LogP contribution in [0.15, 0.2) is 72.8 Å². The summed E-state index contributed by atoms with van der Waals surface area (Å²) in [6.07, 6.45) is 1.76. The number of urea groups is 1. The number of carbonyl (C=O) groups is 3. The summed E-state index contributed by atoms with van der Waals surface area (Å²) in [5.41, 5.74) is 4.04. The van der Waals surface area contributed by atoms with E-state index in [9.17, 15) is 14.4 Å². The van der Waals surface area contributed by atoms with Gasteiger partial charge in [0.15, 0.2) is 5.54 Å². The normalized spacial score (nSPS) is 19.7. The quantitative estimate of drug-likeness (QED) is 0.606. The molecule has 0 radical (unpaired) electrons. The first-order valence-corrected chi connectivity index (χ1v) is 11.6. The molecule has 2 aliphatic heterocycles. The lowest BCUT2D eigenvalue weighted by atomic mass is 9.81. The van der Waals surface area contributed by atoms with Gasteiger partial charge < -0.3 is 10.2 Å². The van der Waals surface area contributed by atoms with Gasteiger partial charge >= 0.3 is 6.03 Å². The third-order valence-electron chi connectivity index (χ3n) is 6.96. The van der Waals surface area contributed by atoms with E-state index in [0.29, 0.717) is 17.7 Å². The van der Waals surface area contributed by atoms with E-state index in [-0.39, 0.29) is 12.5 Å². The topological polar surface area (TPSA) is 69.7 Å². The summed E-state index contributed by atoms with van der Waals surface area (Å²) < 4.78 is 0. The monoisotopic (exact) mass is 453 g/mol. The third-order valence-corrected chi connectivity index (χ3v) is 6.96. The Morgan fingerprint density at radius 1 is 0.912 bits per heavy atom. The summed E-state index contributed by atoms with van der Waals surface area (Å²) in [6, 6.07) is 22.2. The Bertz CT molecular complexity index is 1290. The molecule has 1 N–H and O–H groups in total. The highest BCUT2D eigenvalue weighted by Gasteiger charge is 2.54. The number of fused-ring (bicyclic) bond motifs is 1. The second-order valence-corrected chi connectivity index (χ2v) is 9.01. The molecule has 6 nitrogen and oxygen atoms in total. The SMILES string of the molecule is Cc1ccc([C@]2(c3ccccc3)NC(=O)N(CC(=O)N3CCCc4ccccc43)C2=O)cc1C. The van der Waals surface area contributed by atoms with Crippen LogP contribution in [0.5, 0.6) is 0 Å². The summed E-state index contributed by atoms with van der Waals surface area (Å²) in [5.74, 6) is -0.704. The predicted octanol–water partition coefficient (Wildman–Crippen LogP) is 4.08. The van der Waals surface area contributed by atoms with E-state index in [1.807, 2.05) is 86.6 Å². The largest absolute Gasteiger partial charge is 0.326 e. The van der Waals surface area contributed by atoms with E-state index in [4.69, 9.17) is 0 Å². The first-order valence-electron chi connectivity index (χ1n) is 11.6. The van der Waals surface area contributed by atoms with Crippen molar-refractivity contribution in [2.75, 3.05) is 18.0 Å². The van der Waals surface area contributed by atoms with Crippen LogP contribution in [0.3, 0.4) is 0 Å². The van der Waals surface area contributed by atoms with Crippen molar-refractivity contribution in [2.24, 2.45) is 0 Å². The molecule has 6 heteroatoms. The number of para-hydroxylation sites is 1. The van der Waals surface area contributed by atoms with Gasteiger partial charge in [0, 0.05) is 12.2 Å². The van der Waals surface area contributed by atoms with Crippen LogP contribution in [0.4, 0.5) is 10.5 Å². The van der Waals surface area contributed by atoms with Crippen molar-refractivity contribution in [3.8, 4) is 0 Å². The zero-order valence-electron chi connectivity index (χ0n) is 19.4. The molecule has 1 fully saturated rings. The number of amides is 4. The second-order valence-electron chi connectivity index (χ2n) is 9.01. The van der Waals surface area contributed by atoms with Gasteiger partial charge in [-0.25, -0.2) is 4.79 Å². The Morgan fingerprint density at radius 3 is 2.41 bits per heavy atom. The molecule has 3 aromatic carbocycles. The van der Waals surface area contributed by atoms with E-state index in [1.165, 1.54) is 0 Å². The van der Waals surface area contributed by atoms with Crippen molar-refractivity contribution >= 4 is 23.5 Å². The van der Waals surface area contributed by atoms with E-state index < -0.39 is 17.5 Å². The molecule has 1 saturated heterocycles. The van der Waals surface area contributed by atoms with Crippen molar-refractivity contribution < 1.29 is 14.4 Å². The standard InChI is InChI=1S/C28H27N3O3/c1-19-14-15-23(17-20(19)2)28(22-11-4-3-5-12-22)26(33)31(27(34)29-28)18-25(32)30-16-8-10-21-9-6-7-13-24(21)30/h3-7,9,11-15,17H,8,10,16,18H2,1-2H3,(H,29,34)/t28-/m0/s1. The van der Waals surface area contributed by atoms with Gasteiger partial charge in [-0.15, -0.1) is 0 Å². The van der Waals surface area contributed by atoms with E-state index >= 15 is 0 Å². The summed E-state index contributed by atoms with van der Waals surface area (Å²) in [7, 11) is 0. The Kier molecular flexibility index (Phi) is 5.44. The molecule has 0 unspecified atom stereocenters. The van der Waals surface area contributed by atoms with Crippen LogP contribution in [0.1, 0.15) is 34.2 Å². The van der Waals surface area contributed by atoms with Crippen molar-refractivity contribution in [1.29, 1.82) is 0 Å². The van der Waals surface area contributed by atoms with Gasteiger partial charge in [-0.3, -0.25) is 14.5 Å². The molecule has 2 heterocycles. The minimum atomic E-state index is -1.38. The zero-order valence-corrected chi connectivity index (χ0v) is 19.4. The molecule has 34 heavy (non-hydrogen) atoms. The fourth-order valence-electron chi connectivity index (χ4n) is 4.95. The number of hydrogen-bond acceptors (Lipinski definition) is 3. The van der Waals surface area contributed by atoms with Gasteiger partial charge in [0.2, 0.25) is 5.91 Å². The Morgan fingerprint density at radius 2 is 1.65 bits per heavy atom. The number of imide groups is 1. The molecule has 172 valence electrons. The van der Waals surface area contributed by atoms with E-state index in [2.05, 4.69) is 5.32 Å². The number of carbonyl (C=O) groups excluding carboxylic acids is 3. The minimum absolute atomic E-state index is 0.264. The smallest absolute Gasteiger partial charge is 0.315 e. The maximum atomic E-state index is 14.0. The van der Waals surface area contributed by atoms with Crippen molar-refractivity contribution in [3.05, 3.63) is 101 Å². The highest BCUT2D eigenvalue weighted by Crippen LogP contribution is 2.37. The molecule has 0 aromatic heterocycles. The van der Waals surface area contributed by atoms with Gasteiger partial charge in [-0.2, -0.15) is 0 Å². The van der Waals surface area contributed by atoms with Crippen LogP contribution in [0.25, 0.3) is 0 Å². The predicted molar refractivity (Wildman–Crippen MR) is 130 cm³/mol. The van der Waals surface area contributed by atoms with E-state index in [1.54, 1.807) is 4.90 Å². The summed E-state index contributed by atoms with van der Waals surface area (Å²) in [6.45, 7) is 4.25. The Hall–Kier alpha value is -3.93. The summed E-state index contributed by atoms with van der Waals surface area (Å²) in [4.78, 5) is 43.2. The number of benzene rings is 3. The number of anilines is 1. The van der Waals surface area contributed by atoms with Crippen LogP contribution in [0, 0.1) is 13.8 Å². The maximum absolute atomic E-state index is 14.0. The number of hydrogen-bond donors (Lipinski definition) is 1. The molecule has 2 aliphatic rings. The highest BCUT2D eigenvalue weighted by molar-refractivity contribution is 6.12. The van der Waals surface area contributed by atoms with Gasteiger partial charge in [0.1, 0.15) is 6.54 Å². The van der Waals surface area contributed by atoms with Gasteiger partial charge in [-0.05, 0) is 60.6 Å². The average Bonchev–Trinajstić information content (AvgIpc) is 3.11. The van der Waals surface area contributed by atoms with Gasteiger partial charge in [0.05, 0.1) is 0 Å².